The van der Waals surface area contributed by atoms with E-state index in [0.717, 1.165) is 0 Å². The summed E-state index contributed by atoms with van der Waals surface area (Å²) in [5.41, 5.74) is -1.02. The molecule has 4 rings (SSSR count). The number of hydrogen-bond acceptors (Lipinski definition) is 4. The second-order valence-corrected chi connectivity index (χ2v) is 6.99. The number of nitrogens with zero attached hydrogens (tertiary/aromatic N) is 2. The highest BCUT2D eigenvalue weighted by atomic mass is 16.6. The van der Waals surface area contributed by atoms with E-state index in [4.69, 9.17) is 9.84 Å². The quantitative estimate of drug-likeness (QED) is 0.853. The predicted molar refractivity (Wildman–Crippen MR) is 69.3 cm³/mol. The van der Waals surface area contributed by atoms with Gasteiger partial charge in [0, 0.05) is 6.20 Å². The van der Waals surface area contributed by atoms with Crippen LogP contribution in [0.3, 0.4) is 0 Å². The van der Waals surface area contributed by atoms with Crippen LogP contribution < -0.4 is 0 Å². The number of esters is 1. The lowest BCUT2D eigenvalue weighted by atomic mass is 9.39. The van der Waals surface area contributed by atoms with Gasteiger partial charge in [0.2, 0.25) is 0 Å². The third kappa shape index (κ3) is 1.74. The molecule has 2 bridgehead atoms. The van der Waals surface area contributed by atoms with Crippen LogP contribution in [0.1, 0.15) is 50.5 Å². The first-order valence-corrected chi connectivity index (χ1v) is 6.69. The van der Waals surface area contributed by atoms with Gasteiger partial charge in [-0.15, -0.1) is 0 Å². The van der Waals surface area contributed by atoms with Crippen molar-refractivity contribution in [1.82, 2.24) is 9.78 Å². The highest BCUT2D eigenvalue weighted by Crippen LogP contribution is 2.71. The van der Waals surface area contributed by atoms with Crippen LogP contribution in [0.4, 0.5) is 0 Å². The van der Waals surface area contributed by atoms with Crippen LogP contribution in [0.15, 0.2) is 12.3 Å². The fraction of sp³-hybridized carbons (Fsp3) is 0.643. The Labute approximate surface area is 116 Å². The molecular weight excluding hydrogens is 260 g/mol. The molecule has 3 saturated carbocycles. The Hall–Kier alpha value is -1.85. The van der Waals surface area contributed by atoms with Crippen LogP contribution in [-0.2, 0) is 15.1 Å². The number of carboxylic acids is 1. The summed E-state index contributed by atoms with van der Waals surface area (Å²) in [5, 5.41) is 13.4. The number of rotatable bonds is 3. The van der Waals surface area contributed by atoms with Gasteiger partial charge in [-0.25, -0.2) is 4.79 Å². The summed E-state index contributed by atoms with van der Waals surface area (Å²) < 4.78 is 7.00. The molecule has 3 fully saturated rings. The molecule has 1 aromatic heterocycles. The summed E-state index contributed by atoms with van der Waals surface area (Å²) in [5.74, 6) is -1.17. The minimum absolute atomic E-state index is 0.196. The van der Waals surface area contributed by atoms with Gasteiger partial charge in [-0.2, -0.15) is 5.10 Å². The van der Waals surface area contributed by atoms with Crippen molar-refractivity contribution in [3.05, 3.63) is 18.0 Å². The van der Waals surface area contributed by atoms with Gasteiger partial charge in [-0.1, -0.05) is 0 Å². The third-order valence-electron chi connectivity index (χ3n) is 4.14. The molecule has 0 aliphatic heterocycles. The summed E-state index contributed by atoms with van der Waals surface area (Å²) in [7, 11) is 0. The highest BCUT2D eigenvalue weighted by molar-refractivity contribution is 5.87. The smallest absolute Gasteiger partial charge is 0.359 e. The Bertz CT molecular complexity index is 577. The van der Waals surface area contributed by atoms with Crippen LogP contribution in [-0.4, -0.2) is 32.4 Å². The SMILES string of the molecule is CC(C)(C)OC(=O)c1ccn(C23CC(C(=O)O)(C2)C3)n1. The Morgan fingerprint density at radius 2 is 1.95 bits per heavy atom. The van der Waals surface area contributed by atoms with Crippen molar-refractivity contribution in [2.75, 3.05) is 0 Å². The van der Waals surface area contributed by atoms with E-state index in [1.165, 1.54) is 0 Å². The van der Waals surface area contributed by atoms with Crippen molar-refractivity contribution in [2.24, 2.45) is 5.41 Å². The molecule has 6 nitrogen and oxygen atoms in total. The van der Waals surface area contributed by atoms with Crippen molar-refractivity contribution in [1.29, 1.82) is 0 Å². The van der Waals surface area contributed by atoms with Crippen LogP contribution in [0, 0.1) is 5.41 Å². The molecular formula is C14H18N2O4. The van der Waals surface area contributed by atoms with Gasteiger partial charge in [-0.3, -0.25) is 9.48 Å². The molecule has 0 unspecified atom stereocenters. The normalized spacial score (nSPS) is 31.1. The standard InChI is InChI=1S/C14H18N2O4/c1-12(2,3)20-10(17)9-4-5-16(15-9)14-6-13(7-14,8-14)11(18)19/h4-5H,6-8H2,1-3H3,(H,18,19). The van der Waals surface area contributed by atoms with E-state index in [1.54, 1.807) is 37.7 Å². The molecule has 0 radical (unpaired) electrons. The fourth-order valence-corrected chi connectivity index (χ4v) is 3.23. The van der Waals surface area contributed by atoms with E-state index in [2.05, 4.69) is 5.10 Å². The molecule has 0 aromatic carbocycles. The number of carbonyl (C=O) groups excluding carboxylic acids is 1. The summed E-state index contributed by atoms with van der Waals surface area (Å²) in [6.07, 6.45) is 3.55. The van der Waals surface area contributed by atoms with Crippen LogP contribution in [0.25, 0.3) is 0 Å². The number of carboxylic acid groups (broad SMARTS) is 1. The molecule has 3 aliphatic rings. The molecule has 0 spiro atoms. The molecule has 108 valence electrons. The molecule has 1 N–H and O–H groups in total. The average Bonchev–Trinajstić information content (AvgIpc) is 2.58. The Kier molecular flexibility index (Phi) is 2.38. The maximum absolute atomic E-state index is 11.9. The number of hydrogen-bond donors (Lipinski definition) is 1. The van der Waals surface area contributed by atoms with Crippen molar-refractivity contribution >= 4 is 11.9 Å². The van der Waals surface area contributed by atoms with Crippen LogP contribution in [0.2, 0.25) is 0 Å². The van der Waals surface area contributed by atoms with Crippen molar-refractivity contribution in [3.63, 3.8) is 0 Å². The van der Waals surface area contributed by atoms with E-state index in [1.807, 2.05) is 0 Å². The number of carbonyl (C=O) groups is 2. The zero-order chi connectivity index (χ0) is 14.8. The van der Waals surface area contributed by atoms with Crippen molar-refractivity contribution < 1.29 is 19.4 Å². The second kappa shape index (κ2) is 3.62. The van der Waals surface area contributed by atoms with Crippen molar-refractivity contribution in [3.8, 4) is 0 Å². The van der Waals surface area contributed by atoms with E-state index in [0.29, 0.717) is 19.3 Å². The summed E-state index contributed by atoms with van der Waals surface area (Å²) in [6.45, 7) is 5.42. The second-order valence-electron chi connectivity index (χ2n) is 6.99. The fourth-order valence-electron chi connectivity index (χ4n) is 3.23. The first-order chi connectivity index (χ1) is 9.16. The van der Waals surface area contributed by atoms with E-state index in [9.17, 15) is 9.59 Å². The highest BCUT2D eigenvalue weighted by Gasteiger charge is 2.73. The maximum Gasteiger partial charge on any atom is 0.359 e. The van der Waals surface area contributed by atoms with Crippen LogP contribution >= 0.6 is 0 Å². The first kappa shape index (κ1) is 13.1. The van der Waals surface area contributed by atoms with E-state index in [-0.39, 0.29) is 11.2 Å². The lowest BCUT2D eigenvalue weighted by Crippen LogP contribution is -2.70. The molecule has 3 aliphatic carbocycles. The van der Waals surface area contributed by atoms with Gasteiger partial charge < -0.3 is 9.84 Å². The molecule has 0 amide bonds. The molecule has 20 heavy (non-hydrogen) atoms. The van der Waals surface area contributed by atoms with Crippen molar-refractivity contribution in [2.45, 2.75) is 51.2 Å². The predicted octanol–water partition coefficient (Wildman–Crippen LogP) is 1.80. The third-order valence-corrected chi connectivity index (χ3v) is 4.14. The summed E-state index contributed by atoms with van der Waals surface area (Å²) in [4.78, 5) is 23.0. The molecule has 0 atom stereocenters. The van der Waals surface area contributed by atoms with Gasteiger partial charge in [0.15, 0.2) is 5.69 Å². The molecule has 1 aromatic rings. The van der Waals surface area contributed by atoms with Gasteiger partial charge >= 0.3 is 11.9 Å². The monoisotopic (exact) mass is 278 g/mol. The topological polar surface area (TPSA) is 81.4 Å². The summed E-state index contributed by atoms with van der Waals surface area (Å²) in [6, 6.07) is 1.63. The van der Waals surface area contributed by atoms with Gasteiger partial charge in [-0.05, 0) is 46.1 Å². The number of aliphatic carboxylic acids is 1. The minimum atomic E-state index is -0.723. The largest absolute Gasteiger partial charge is 0.481 e. The first-order valence-electron chi connectivity index (χ1n) is 6.69. The van der Waals surface area contributed by atoms with Gasteiger partial charge in [0.05, 0.1) is 11.0 Å². The molecule has 1 heterocycles. The maximum atomic E-state index is 11.9. The molecule has 6 heteroatoms. The summed E-state index contributed by atoms with van der Waals surface area (Å²) >= 11 is 0. The zero-order valence-corrected chi connectivity index (χ0v) is 11.8. The lowest BCUT2D eigenvalue weighted by Gasteiger charge is -2.67. The number of ether oxygens (including phenoxy) is 1. The lowest BCUT2D eigenvalue weighted by molar-refractivity contribution is -0.216. The zero-order valence-electron chi connectivity index (χ0n) is 11.8. The Morgan fingerprint density at radius 1 is 1.35 bits per heavy atom. The van der Waals surface area contributed by atoms with Gasteiger partial charge in [0.25, 0.3) is 0 Å². The van der Waals surface area contributed by atoms with E-state index >= 15 is 0 Å². The minimum Gasteiger partial charge on any atom is -0.481 e. The Balaban J connectivity index is 1.71. The Morgan fingerprint density at radius 3 is 2.45 bits per heavy atom. The van der Waals surface area contributed by atoms with Gasteiger partial charge in [0.1, 0.15) is 5.60 Å². The van der Waals surface area contributed by atoms with E-state index < -0.39 is 23.0 Å². The average molecular weight is 278 g/mol. The number of aromatic nitrogens is 2. The van der Waals surface area contributed by atoms with Crippen LogP contribution in [0.5, 0.6) is 0 Å². The molecule has 0 saturated heterocycles.